The molecule has 0 aliphatic carbocycles. The molecule has 2 saturated heterocycles. The molecular formula is C16H30N2O3. The highest BCUT2D eigenvalue weighted by Gasteiger charge is 2.29. The first-order chi connectivity index (χ1) is 9.85. The Labute approximate surface area is 128 Å². The van der Waals surface area contributed by atoms with Crippen molar-refractivity contribution in [3.05, 3.63) is 0 Å². The maximum absolute atomic E-state index is 12.0. The van der Waals surface area contributed by atoms with Crippen LogP contribution in [0.2, 0.25) is 0 Å². The van der Waals surface area contributed by atoms with Crippen LogP contribution < -0.4 is 0 Å². The summed E-state index contributed by atoms with van der Waals surface area (Å²) < 4.78 is 10.9. The van der Waals surface area contributed by atoms with E-state index in [0.29, 0.717) is 12.0 Å². The molecular weight excluding hydrogens is 268 g/mol. The van der Waals surface area contributed by atoms with Crippen molar-refractivity contribution >= 4 is 6.09 Å². The monoisotopic (exact) mass is 298 g/mol. The topological polar surface area (TPSA) is 42.0 Å². The average molecular weight is 298 g/mol. The van der Waals surface area contributed by atoms with E-state index >= 15 is 0 Å². The van der Waals surface area contributed by atoms with Crippen molar-refractivity contribution in [1.29, 1.82) is 0 Å². The minimum absolute atomic E-state index is 0.173. The molecule has 5 heteroatoms. The molecule has 5 nitrogen and oxygen atoms in total. The third kappa shape index (κ3) is 5.15. The number of hydrogen-bond donors (Lipinski definition) is 0. The van der Waals surface area contributed by atoms with Crippen LogP contribution in [0.4, 0.5) is 4.79 Å². The maximum atomic E-state index is 12.0. The molecule has 1 atom stereocenters. The van der Waals surface area contributed by atoms with Crippen molar-refractivity contribution in [2.24, 2.45) is 5.92 Å². The highest BCUT2D eigenvalue weighted by Crippen LogP contribution is 2.21. The third-order valence-electron chi connectivity index (χ3n) is 4.31. The van der Waals surface area contributed by atoms with E-state index in [-0.39, 0.29) is 6.09 Å². The second kappa shape index (κ2) is 6.97. The first-order valence-electron chi connectivity index (χ1n) is 8.11. The van der Waals surface area contributed by atoms with Crippen molar-refractivity contribution in [2.75, 3.05) is 39.9 Å². The van der Waals surface area contributed by atoms with Gasteiger partial charge in [-0.05, 0) is 53.0 Å². The number of amides is 1. The van der Waals surface area contributed by atoms with Gasteiger partial charge in [-0.1, -0.05) is 0 Å². The SMILES string of the molecule is CN(CC1CCOC1)C1CCN(C(=O)OC(C)(C)C)CC1. The van der Waals surface area contributed by atoms with Crippen LogP contribution in [-0.4, -0.2) is 67.4 Å². The molecule has 2 heterocycles. The molecule has 2 fully saturated rings. The fourth-order valence-electron chi connectivity index (χ4n) is 3.10. The molecule has 0 bridgehead atoms. The lowest BCUT2D eigenvalue weighted by molar-refractivity contribution is 0.0149. The maximum Gasteiger partial charge on any atom is 0.410 e. The highest BCUT2D eigenvalue weighted by atomic mass is 16.6. The summed E-state index contributed by atoms with van der Waals surface area (Å²) in [5.74, 6) is 0.680. The van der Waals surface area contributed by atoms with Gasteiger partial charge in [-0.15, -0.1) is 0 Å². The highest BCUT2D eigenvalue weighted by molar-refractivity contribution is 5.68. The standard InChI is InChI=1S/C16H30N2O3/c1-16(2,3)21-15(19)18-8-5-14(6-9-18)17(4)11-13-7-10-20-12-13/h13-14H,5-12H2,1-4H3. The molecule has 1 amide bonds. The lowest BCUT2D eigenvalue weighted by atomic mass is 10.0. The van der Waals surface area contributed by atoms with Crippen LogP contribution in [0.25, 0.3) is 0 Å². The summed E-state index contributed by atoms with van der Waals surface area (Å²) in [7, 11) is 2.20. The molecule has 2 aliphatic heterocycles. The second-order valence-electron chi connectivity index (χ2n) is 7.37. The fourth-order valence-corrected chi connectivity index (χ4v) is 3.10. The zero-order chi connectivity index (χ0) is 15.5. The van der Waals surface area contributed by atoms with Crippen LogP contribution in [-0.2, 0) is 9.47 Å². The van der Waals surface area contributed by atoms with Gasteiger partial charge < -0.3 is 19.3 Å². The molecule has 2 aliphatic rings. The molecule has 0 N–H and O–H groups in total. The summed E-state index contributed by atoms with van der Waals surface area (Å²) in [5, 5.41) is 0. The van der Waals surface area contributed by atoms with Crippen LogP contribution in [0.15, 0.2) is 0 Å². The van der Waals surface area contributed by atoms with E-state index in [1.165, 1.54) is 6.42 Å². The smallest absolute Gasteiger partial charge is 0.410 e. The molecule has 122 valence electrons. The molecule has 0 aromatic heterocycles. The van der Waals surface area contributed by atoms with E-state index in [4.69, 9.17) is 9.47 Å². The van der Waals surface area contributed by atoms with Crippen molar-refractivity contribution in [2.45, 2.75) is 51.7 Å². The van der Waals surface area contributed by atoms with E-state index in [0.717, 1.165) is 45.7 Å². The van der Waals surface area contributed by atoms with Gasteiger partial charge in [0, 0.05) is 32.3 Å². The average Bonchev–Trinajstić information content (AvgIpc) is 2.90. The Bertz CT molecular complexity index is 340. The van der Waals surface area contributed by atoms with Gasteiger partial charge in [0.25, 0.3) is 0 Å². The molecule has 0 spiro atoms. The zero-order valence-electron chi connectivity index (χ0n) is 13.9. The van der Waals surface area contributed by atoms with Crippen molar-refractivity contribution < 1.29 is 14.3 Å². The van der Waals surface area contributed by atoms with Crippen LogP contribution in [0.1, 0.15) is 40.0 Å². The number of nitrogens with zero attached hydrogens (tertiary/aromatic N) is 2. The van der Waals surface area contributed by atoms with Crippen LogP contribution >= 0.6 is 0 Å². The molecule has 0 aromatic rings. The lowest BCUT2D eigenvalue weighted by Crippen LogP contribution is -2.47. The second-order valence-corrected chi connectivity index (χ2v) is 7.37. The molecule has 0 saturated carbocycles. The molecule has 1 unspecified atom stereocenters. The lowest BCUT2D eigenvalue weighted by Gasteiger charge is -2.38. The van der Waals surface area contributed by atoms with Crippen molar-refractivity contribution in [3.63, 3.8) is 0 Å². The van der Waals surface area contributed by atoms with E-state index in [1.54, 1.807) is 0 Å². The number of carbonyl (C=O) groups excluding carboxylic acids is 1. The summed E-state index contributed by atoms with van der Waals surface area (Å²) >= 11 is 0. The van der Waals surface area contributed by atoms with Gasteiger partial charge in [0.05, 0.1) is 6.61 Å². The molecule has 2 rings (SSSR count). The number of ether oxygens (including phenoxy) is 2. The largest absolute Gasteiger partial charge is 0.444 e. The summed E-state index contributed by atoms with van der Waals surface area (Å²) in [6.45, 7) is 10.3. The molecule has 21 heavy (non-hydrogen) atoms. The molecule has 0 aromatic carbocycles. The van der Waals surface area contributed by atoms with Crippen molar-refractivity contribution in [3.8, 4) is 0 Å². The van der Waals surface area contributed by atoms with Crippen LogP contribution in [0.5, 0.6) is 0 Å². The van der Waals surface area contributed by atoms with Gasteiger partial charge in [0.1, 0.15) is 5.60 Å². The normalized spacial score (nSPS) is 24.6. The minimum Gasteiger partial charge on any atom is -0.444 e. The Morgan fingerprint density at radius 3 is 2.48 bits per heavy atom. The quantitative estimate of drug-likeness (QED) is 0.802. The van der Waals surface area contributed by atoms with E-state index in [1.807, 2.05) is 25.7 Å². The van der Waals surface area contributed by atoms with E-state index in [2.05, 4.69) is 11.9 Å². The summed E-state index contributed by atoms with van der Waals surface area (Å²) in [5.41, 5.74) is -0.410. The minimum atomic E-state index is -0.410. The predicted octanol–water partition coefficient (Wildman–Crippen LogP) is 2.35. The van der Waals surface area contributed by atoms with Crippen molar-refractivity contribution in [1.82, 2.24) is 9.80 Å². The Balaban J connectivity index is 1.73. The van der Waals surface area contributed by atoms with Crippen LogP contribution in [0, 0.1) is 5.92 Å². The zero-order valence-corrected chi connectivity index (χ0v) is 13.9. The Morgan fingerprint density at radius 1 is 1.29 bits per heavy atom. The van der Waals surface area contributed by atoms with E-state index < -0.39 is 5.60 Å². The van der Waals surface area contributed by atoms with Gasteiger partial charge >= 0.3 is 6.09 Å². The van der Waals surface area contributed by atoms with Gasteiger partial charge in [-0.25, -0.2) is 4.79 Å². The number of rotatable bonds is 3. The Kier molecular flexibility index (Phi) is 5.49. The number of piperidine rings is 1. The number of carbonyl (C=O) groups is 1. The Morgan fingerprint density at radius 2 is 1.95 bits per heavy atom. The number of hydrogen-bond acceptors (Lipinski definition) is 4. The van der Waals surface area contributed by atoms with Gasteiger partial charge in [0.2, 0.25) is 0 Å². The third-order valence-corrected chi connectivity index (χ3v) is 4.31. The first kappa shape index (κ1) is 16.6. The first-order valence-corrected chi connectivity index (χ1v) is 8.11. The van der Waals surface area contributed by atoms with Gasteiger partial charge in [-0.2, -0.15) is 0 Å². The van der Waals surface area contributed by atoms with Gasteiger partial charge in [-0.3, -0.25) is 0 Å². The van der Waals surface area contributed by atoms with E-state index in [9.17, 15) is 4.79 Å². The Hall–Kier alpha value is -0.810. The van der Waals surface area contributed by atoms with Gasteiger partial charge in [0.15, 0.2) is 0 Å². The predicted molar refractivity (Wildman–Crippen MR) is 82.4 cm³/mol. The molecule has 0 radical (unpaired) electrons. The summed E-state index contributed by atoms with van der Waals surface area (Å²) in [6.07, 6.45) is 3.07. The fraction of sp³-hybridized carbons (Fsp3) is 0.938. The summed E-state index contributed by atoms with van der Waals surface area (Å²) in [4.78, 5) is 16.3. The summed E-state index contributed by atoms with van der Waals surface area (Å²) in [6, 6.07) is 0.573. The number of likely N-dealkylation sites (tertiary alicyclic amines) is 1. The van der Waals surface area contributed by atoms with Crippen LogP contribution in [0.3, 0.4) is 0 Å².